The van der Waals surface area contributed by atoms with Crippen LogP contribution < -0.4 is 15.7 Å². The number of carboxylic acids is 1. The van der Waals surface area contributed by atoms with Gasteiger partial charge >= 0.3 is 11.6 Å². The summed E-state index contributed by atoms with van der Waals surface area (Å²) in [6, 6.07) is 4.02. The van der Waals surface area contributed by atoms with E-state index in [-0.39, 0.29) is 5.92 Å². The molecular formula is C21H27NO6. The standard InChI is InChI=1S/C21H27NO6/c1-6-14-10-18(23)28-19-12(4)17(8-7-15(14)19)27-13(5)20(24)22-16(21(25)26)9-11(2)3/h7-8,10-11,13,16H,6,9H2,1-5H3,(H,22,24)(H,25,26)/t13?,16-/m0/s1. The average Bonchev–Trinajstić information content (AvgIpc) is 2.62. The Morgan fingerprint density at radius 1 is 1.25 bits per heavy atom. The number of hydrogen-bond donors (Lipinski definition) is 2. The van der Waals surface area contributed by atoms with E-state index >= 15 is 0 Å². The first-order chi connectivity index (χ1) is 13.1. The molecule has 2 N–H and O–H groups in total. The van der Waals surface area contributed by atoms with Gasteiger partial charge in [0.25, 0.3) is 5.91 Å². The van der Waals surface area contributed by atoms with Crippen LogP contribution >= 0.6 is 0 Å². The number of aryl methyl sites for hydroxylation is 2. The van der Waals surface area contributed by atoms with Gasteiger partial charge in [0, 0.05) is 17.0 Å². The molecule has 1 aromatic heterocycles. The quantitative estimate of drug-likeness (QED) is 0.672. The van der Waals surface area contributed by atoms with Crippen molar-refractivity contribution in [1.29, 1.82) is 0 Å². The van der Waals surface area contributed by atoms with Gasteiger partial charge in [-0.25, -0.2) is 9.59 Å². The summed E-state index contributed by atoms with van der Waals surface area (Å²) >= 11 is 0. The van der Waals surface area contributed by atoms with Crippen LogP contribution in [0.1, 0.15) is 45.2 Å². The van der Waals surface area contributed by atoms with Crippen molar-refractivity contribution in [2.45, 2.75) is 59.6 Å². The average molecular weight is 389 g/mol. The smallest absolute Gasteiger partial charge is 0.336 e. The van der Waals surface area contributed by atoms with Gasteiger partial charge in [-0.3, -0.25) is 4.79 Å². The van der Waals surface area contributed by atoms with Crippen LogP contribution in [0.15, 0.2) is 27.4 Å². The lowest BCUT2D eigenvalue weighted by Gasteiger charge is -2.21. The fourth-order valence-corrected chi connectivity index (χ4v) is 3.05. The van der Waals surface area contributed by atoms with Gasteiger partial charge in [-0.2, -0.15) is 0 Å². The molecule has 0 aliphatic heterocycles. The summed E-state index contributed by atoms with van der Waals surface area (Å²) in [6.07, 6.45) is 0.104. The Morgan fingerprint density at radius 3 is 2.50 bits per heavy atom. The Morgan fingerprint density at radius 2 is 1.93 bits per heavy atom. The molecule has 152 valence electrons. The van der Waals surface area contributed by atoms with Gasteiger partial charge in [0.2, 0.25) is 0 Å². The van der Waals surface area contributed by atoms with E-state index in [0.29, 0.717) is 29.7 Å². The molecule has 7 heteroatoms. The minimum atomic E-state index is -1.08. The van der Waals surface area contributed by atoms with Gasteiger partial charge in [-0.1, -0.05) is 20.8 Å². The molecule has 2 aromatic rings. The molecule has 2 rings (SSSR count). The number of rotatable bonds is 8. The molecule has 0 aliphatic rings. The number of carbonyl (C=O) groups is 2. The van der Waals surface area contributed by atoms with E-state index in [2.05, 4.69) is 5.32 Å². The van der Waals surface area contributed by atoms with Crippen LogP contribution in [-0.4, -0.2) is 29.1 Å². The number of carboxylic acid groups (broad SMARTS) is 1. The van der Waals surface area contributed by atoms with Crippen molar-refractivity contribution in [3.63, 3.8) is 0 Å². The van der Waals surface area contributed by atoms with E-state index in [9.17, 15) is 19.5 Å². The van der Waals surface area contributed by atoms with Crippen LogP contribution in [-0.2, 0) is 16.0 Å². The normalized spacial score (nSPS) is 13.4. The molecule has 0 bridgehead atoms. The molecule has 0 fully saturated rings. The van der Waals surface area contributed by atoms with E-state index in [4.69, 9.17) is 9.15 Å². The molecule has 0 saturated carbocycles. The van der Waals surface area contributed by atoms with Gasteiger partial charge in [-0.05, 0) is 50.3 Å². The summed E-state index contributed by atoms with van der Waals surface area (Å²) in [5.74, 6) is -1.07. The third-order valence-corrected chi connectivity index (χ3v) is 4.57. The predicted molar refractivity (Wildman–Crippen MR) is 106 cm³/mol. The number of ether oxygens (including phenoxy) is 1. The zero-order valence-corrected chi connectivity index (χ0v) is 16.9. The highest BCUT2D eigenvalue weighted by Gasteiger charge is 2.25. The number of fused-ring (bicyclic) bond motifs is 1. The third kappa shape index (κ3) is 4.91. The number of benzene rings is 1. The zero-order chi connectivity index (χ0) is 21.0. The summed E-state index contributed by atoms with van der Waals surface area (Å²) in [4.78, 5) is 35.6. The maximum Gasteiger partial charge on any atom is 0.336 e. The van der Waals surface area contributed by atoms with Crippen molar-refractivity contribution in [1.82, 2.24) is 5.32 Å². The molecule has 0 aliphatic carbocycles. The fourth-order valence-electron chi connectivity index (χ4n) is 3.05. The predicted octanol–water partition coefficient (Wildman–Crippen LogP) is 3.05. The molecular weight excluding hydrogens is 362 g/mol. The van der Waals surface area contributed by atoms with E-state index in [1.165, 1.54) is 6.07 Å². The molecule has 1 amide bonds. The van der Waals surface area contributed by atoms with Crippen LogP contribution in [0.25, 0.3) is 11.0 Å². The Balaban J connectivity index is 2.23. The topological polar surface area (TPSA) is 106 Å². The molecule has 1 unspecified atom stereocenters. The molecule has 7 nitrogen and oxygen atoms in total. The Bertz CT molecular complexity index is 930. The first kappa shape index (κ1) is 21.5. The van der Waals surface area contributed by atoms with Crippen molar-refractivity contribution in [3.8, 4) is 5.75 Å². The van der Waals surface area contributed by atoms with Crippen molar-refractivity contribution in [3.05, 3.63) is 39.7 Å². The largest absolute Gasteiger partial charge is 0.480 e. The molecule has 2 atom stereocenters. The Labute approximate surface area is 163 Å². The summed E-state index contributed by atoms with van der Waals surface area (Å²) in [5.41, 5.74) is 1.48. The van der Waals surface area contributed by atoms with Gasteiger partial charge in [0.1, 0.15) is 17.4 Å². The fraction of sp³-hybridized carbons (Fsp3) is 0.476. The lowest BCUT2D eigenvalue weighted by molar-refractivity contribution is -0.143. The first-order valence-electron chi connectivity index (χ1n) is 9.40. The second kappa shape index (κ2) is 8.91. The Hall–Kier alpha value is -2.83. The van der Waals surface area contributed by atoms with Crippen LogP contribution in [0.2, 0.25) is 0 Å². The van der Waals surface area contributed by atoms with Crippen molar-refractivity contribution >= 4 is 22.8 Å². The van der Waals surface area contributed by atoms with Gasteiger partial charge < -0.3 is 19.6 Å². The monoisotopic (exact) mass is 389 g/mol. The summed E-state index contributed by atoms with van der Waals surface area (Å²) in [6.45, 7) is 9.03. The highest BCUT2D eigenvalue weighted by Crippen LogP contribution is 2.29. The van der Waals surface area contributed by atoms with Gasteiger partial charge in [0.05, 0.1) is 0 Å². The molecule has 28 heavy (non-hydrogen) atoms. The molecule has 1 heterocycles. The lowest BCUT2D eigenvalue weighted by Crippen LogP contribution is -2.46. The zero-order valence-electron chi connectivity index (χ0n) is 16.9. The number of nitrogens with one attached hydrogen (secondary N) is 1. The van der Waals surface area contributed by atoms with Crippen LogP contribution in [0.3, 0.4) is 0 Å². The molecule has 0 saturated heterocycles. The third-order valence-electron chi connectivity index (χ3n) is 4.57. The van der Waals surface area contributed by atoms with E-state index in [0.717, 1.165) is 10.9 Å². The molecule has 0 spiro atoms. The van der Waals surface area contributed by atoms with Crippen LogP contribution in [0, 0.1) is 12.8 Å². The number of amides is 1. The molecule has 1 aromatic carbocycles. The van der Waals surface area contributed by atoms with E-state index in [1.54, 1.807) is 26.0 Å². The van der Waals surface area contributed by atoms with Crippen LogP contribution in [0.4, 0.5) is 0 Å². The number of aliphatic carboxylic acids is 1. The molecule has 0 radical (unpaired) electrons. The second-order valence-corrected chi connectivity index (χ2v) is 7.30. The Kier molecular flexibility index (Phi) is 6.83. The van der Waals surface area contributed by atoms with E-state index in [1.807, 2.05) is 20.8 Å². The summed E-state index contributed by atoms with van der Waals surface area (Å²) in [7, 11) is 0. The number of carbonyl (C=O) groups excluding carboxylic acids is 1. The maximum atomic E-state index is 12.4. The summed E-state index contributed by atoms with van der Waals surface area (Å²) < 4.78 is 11.1. The highest BCUT2D eigenvalue weighted by molar-refractivity contribution is 5.87. The van der Waals surface area contributed by atoms with Crippen LogP contribution in [0.5, 0.6) is 5.75 Å². The number of hydrogen-bond acceptors (Lipinski definition) is 5. The lowest BCUT2D eigenvalue weighted by atomic mass is 10.0. The minimum Gasteiger partial charge on any atom is -0.480 e. The first-order valence-corrected chi connectivity index (χ1v) is 9.40. The summed E-state index contributed by atoms with van der Waals surface area (Å²) in [5, 5.41) is 12.6. The van der Waals surface area contributed by atoms with Crippen molar-refractivity contribution in [2.24, 2.45) is 5.92 Å². The minimum absolute atomic E-state index is 0.121. The maximum absolute atomic E-state index is 12.4. The van der Waals surface area contributed by atoms with Crippen molar-refractivity contribution in [2.75, 3.05) is 0 Å². The second-order valence-electron chi connectivity index (χ2n) is 7.30. The van der Waals surface area contributed by atoms with Crippen molar-refractivity contribution < 1.29 is 23.8 Å². The highest BCUT2D eigenvalue weighted by atomic mass is 16.5. The van der Waals surface area contributed by atoms with Gasteiger partial charge in [-0.15, -0.1) is 0 Å². The van der Waals surface area contributed by atoms with E-state index < -0.39 is 29.6 Å². The SMILES string of the molecule is CCc1cc(=O)oc2c(C)c(OC(C)C(=O)N[C@@H](CC(C)C)C(=O)O)ccc12. The van der Waals surface area contributed by atoms with Gasteiger partial charge in [0.15, 0.2) is 6.10 Å².